The summed E-state index contributed by atoms with van der Waals surface area (Å²) in [6.07, 6.45) is 8.97. The first kappa shape index (κ1) is 34.0. The maximum absolute atomic E-state index is 5.22. The molecule has 3 heteroatoms. The van der Waals surface area contributed by atoms with Crippen molar-refractivity contribution in [2.45, 2.75) is 18.3 Å². The van der Waals surface area contributed by atoms with Gasteiger partial charge in [-0.1, -0.05) is 175 Å². The van der Waals surface area contributed by atoms with E-state index >= 15 is 0 Å². The van der Waals surface area contributed by atoms with Gasteiger partial charge in [-0.3, -0.25) is 0 Å². The monoisotopic (exact) mass is 770 g/mol. The highest BCUT2D eigenvalue weighted by Gasteiger charge is 2.47. The molecule has 0 N–H and O–H groups in total. The summed E-state index contributed by atoms with van der Waals surface area (Å²) in [6, 6.07) is 69.1. The summed E-state index contributed by atoms with van der Waals surface area (Å²) in [5, 5.41) is 6.26. The Morgan fingerprint density at radius 2 is 1.20 bits per heavy atom. The summed E-state index contributed by atoms with van der Waals surface area (Å²) in [5.74, 6) is 0. The molecule has 0 radical (unpaired) electrons. The number of aromatic nitrogens is 1. The van der Waals surface area contributed by atoms with Gasteiger partial charge >= 0.3 is 0 Å². The Hall–Kier alpha value is -7.07. The van der Waals surface area contributed by atoms with Crippen LogP contribution in [0.25, 0.3) is 64.2 Å². The zero-order valence-electron chi connectivity index (χ0n) is 32.3. The molecule has 8 aromatic carbocycles. The topological polar surface area (TPSA) is 16.1 Å². The van der Waals surface area contributed by atoms with Crippen LogP contribution in [0.15, 0.2) is 212 Å². The van der Waals surface area contributed by atoms with Crippen molar-refractivity contribution in [3.63, 3.8) is 0 Å². The third-order valence-corrected chi connectivity index (χ3v) is 13.8. The molecular formula is C56H38N2S. The number of nitrogens with zero attached hydrogens (tertiary/aromatic N) is 2. The van der Waals surface area contributed by atoms with Crippen LogP contribution in [0.4, 0.5) is 17.1 Å². The number of hydrogen-bond donors (Lipinski definition) is 0. The lowest BCUT2D eigenvalue weighted by Gasteiger charge is -2.47. The number of pyridine rings is 1. The number of para-hydroxylation sites is 3. The first-order valence-corrected chi connectivity index (χ1v) is 21.3. The van der Waals surface area contributed by atoms with Crippen LogP contribution in [0.2, 0.25) is 0 Å². The van der Waals surface area contributed by atoms with Gasteiger partial charge in [-0.2, -0.15) is 0 Å². The Morgan fingerprint density at radius 3 is 1.95 bits per heavy atom. The number of fused-ring (bicyclic) bond motifs is 9. The standard InChI is InChI=1S/C56H38N2S/c1-4-17-38(18-5-1)54-44-35-36-45-52-42(24-16-30-51(52)59-55(45)53(44)43-23-10-13-27-48(43)57-54)37-31-33-41(34-32-37)58-49-28-14-11-25-46(49)56(39-19-6-2-7-20-39,40-21-8-3-9-22-40)47-26-12-15-29-50(47)58/h1-8,10-21,23-36H,9,22H2. The SMILES string of the molecule is C1=CCCC(C2(c3ccccc3)c3ccccc3N(c3ccc(-c4cccc5sc6c(ccc7c(-c8ccccc8)nc8ccccc8c76)c45)cc3)c3ccccc32)=C1. The molecule has 1 aliphatic heterocycles. The van der Waals surface area contributed by atoms with Gasteiger partial charge in [0.25, 0.3) is 0 Å². The van der Waals surface area contributed by atoms with Gasteiger partial charge in [-0.25, -0.2) is 4.98 Å². The first-order valence-electron chi connectivity index (χ1n) is 20.5. The van der Waals surface area contributed by atoms with Gasteiger partial charge in [0.05, 0.1) is 28.0 Å². The van der Waals surface area contributed by atoms with Crippen LogP contribution in [0, 0.1) is 0 Å². The summed E-state index contributed by atoms with van der Waals surface area (Å²) >= 11 is 1.89. The summed E-state index contributed by atoms with van der Waals surface area (Å²) in [4.78, 5) is 7.69. The molecule has 2 aliphatic rings. The normalized spacial score (nSPS) is 14.4. The largest absolute Gasteiger partial charge is 0.310 e. The highest BCUT2D eigenvalue weighted by atomic mass is 32.1. The van der Waals surface area contributed by atoms with Crippen LogP contribution in [0.5, 0.6) is 0 Å². The molecule has 0 bridgehead atoms. The smallest absolute Gasteiger partial charge is 0.0788 e. The van der Waals surface area contributed by atoms with E-state index in [4.69, 9.17) is 4.98 Å². The maximum Gasteiger partial charge on any atom is 0.0788 e. The second kappa shape index (κ2) is 13.5. The summed E-state index contributed by atoms with van der Waals surface area (Å²) in [7, 11) is 0. The molecule has 0 amide bonds. The third-order valence-electron chi connectivity index (χ3n) is 12.6. The minimum Gasteiger partial charge on any atom is -0.310 e. The van der Waals surface area contributed by atoms with Crippen molar-refractivity contribution < 1.29 is 0 Å². The molecule has 0 spiro atoms. The van der Waals surface area contributed by atoms with Gasteiger partial charge in [0.15, 0.2) is 0 Å². The van der Waals surface area contributed by atoms with Crippen molar-refractivity contribution in [1.29, 1.82) is 0 Å². The molecule has 0 atom stereocenters. The number of thiophene rings is 1. The van der Waals surface area contributed by atoms with E-state index in [0.29, 0.717) is 0 Å². The van der Waals surface area contributed by atoms with E-state index < -0.39 is 5.41 Å². The maximum atomic E-state index is 5.22. The Bertz CT molecular complexity index is 3270. The van der Waals surface area contributed by atoms with Crippen LogP contribution in [0.1, 0.15) is 29.5 Å². The van der Waals surface area contributed by atoms with Gasteiger partial charge < -0.3 is 4.90 Å². The number of rotatable bonds is 5. The molecule has 2 nitrogen and oxygen atoms in total. The Labute approximate surface area is 347 Å². The zero-order chi connectivity index (χ0) is 38.9. The molecule has 59 heavy (non-hydrogen) atoms. The van der Waals surface area contributed by atoms with E-state index in [0.717, 1.165) is 35.3 Å². The Kier molecular flexibility index (Phi) is 7.79. The van der Waals surface area contributed by atoms with Crippen molar-refractivity contribution >= 4 is 70.2 Å². The molecule has 1 aliphatic carbocycles. The number of benzene rings is 8. The quantitative estimate of drug-likeness (QED) is 0.162. The highest BCUT2D eigenvalue weighted by molar-refractivity contribution is 7.27. The second-order valence-corrected chi connectivity index (χ2v) is 16.7. The van der Waals surface area contributed by atoms with E-state index in [9.17, 15) is 0 Å². The predicted octanol–water partition coefficient (Wildman–Crippen LogP) is 15.5. The molecule has 0 fully saturated rings. The molecule has 0 saturated heterocycles. The molecule has 12 rings (SSSR count). The lowest BCUT2D eigenvalue weighted by Crippen LogP contribution is -2.38. The lowest BCUT2D eigenvalue weighted by atomic mass is 9.60. The van der Waals surface area contributed by atoms with Crippen LogP contribution in [-0.2, 0) is 5.41 Å². The molecule has 10 aromatic rings. The van der Waals surface area contributed by atoms with E-state index in [1.54, 1.807) is 0 Å². The zero-order valence-corrected chi connectivity index (χ0v) is 33.2. The average molecular weight is 771 g/mol. The summed E-state index contributed by atoms with van der Waals surface area (Å²) < 4.78 is 2.60. The molecule has 0 unspecified atom stereocenters. The minimum atomic E-state index is -0.404. The van der Waals surface area contributed by atoms with Crippen molar-refractivity contribution in [3.05, 3.63) is 229 Å². The van der Waals surface area contributed by atoms with E-state index in [2.05, 4.69) is 211 Å². The number of anilines is 3. The molecule has 278 valence electrons. The fraction of sp³-hybridized carbons (Fsp3) is 0.0536. The van der Waals surface area contributed by atoms with Gasteiger partial charge in [-0.15, -0.1) is 11.3 Å². The second-order valence-electron chi connectivity index (χ2n) is 15.7. The molecule has 3 heterocycles. The van der Waals surface area contributed by atoms with Crippen molar-refractivity contribution in [1.82, 2.24) is 4.98 Å². The fourth-order valence-electron chi connectivity index (χ4n) is 10.1. The van der Waals surface area contributed by atoms with Crippen molar-refractivity contribution in [3.8, 4) is 22.4 Å². The van der Waals surface area contributed by atoms with Gasteiger partial charge in [0.2, 0.25) is 0 Å². The Morgan fingerprint density at radius 1 is 0.525 bits per heavy atom. The van der Waals surface area contributed by atoms with Crippen molar-refractivity contribution in [2.24, 2.45) is 0 Å². The average Bonchev–Trinajstić information content (AvgIpc) is 3.71. The predicted molar refractivity (Wildman–Crippen MR) is 250 cm³/mol. The highest BCUT2D eigenvalue weighted by Crippen LogP contribution is 2.59. The lowest BCUT2D eigenvalue weighted by molar-refractivity contribution is 0.668. The summed E-state index contributed by atoms with van der Waals surface area (Å²) in [5.41, 5.74) is 14.2. The van der Waals surface area contributed by atoms with Crippen LogP contribution >= 0.6 is 11.3 Å². The summed E-state index contributed by atoms with van der Waals surface area (Å²) in [6.45, 7) is 0. The first-order chi connectivity index (χ1) is 29.3. The van der Waals surface area contributed by atoms with Gasteiger partial charge in [-0.05, 0) is 77.1 Å². The number of allylic oxidation sites excluding steroid dienone is 4. The van der Waals surface area contributed by atoms with E-state index in [1.807, 2.05) is 11.3 Å². The van der Waals surface area contributed by atoms with Crippen LogP contribution in [0.3, 0.4) is 0 Å². The van der Waals surface area contributed by atoms with E-state index in [-0.39, 0.29) is 0 Å². The van der Waals surface area contributed by atoms with E-state index in [1.165, 1.54) is 81.1 Å². The Balaban J connectivity index is 1.03. The fourth-order valence-corrected chi connectivity index (χ4v) is 11.4. The van der Waals surface area contributed by atoms with Gasteiger partial charge in [0, 0.05) is 47.6 Å². The van der Waals surface area contributed by atoms with Crippen molar-refractivity contribution in [2.75, 3.05) is 4.90 Å². The number of hydrogen-bond acceptors (Lipinski definition) is 3. The minimum absolute atomic E-state index is 0.404. The molecular weight excluding hydrogens is 733 g/mol. The van der Waals surface area contributed by atoms with Gasteiger partial charge in [0.1, 0.15) is 0 Å². The molecule has 0 saturated carbocycles. The molecule has 2 aromatic heterocycles. The third kappa shape index (κ3) is 5.08. The van der Waals surface area contributed by atoms with Crippen LogP contribution in [-0.4, -0.2) is 4.98 Å². The van der Waals surface area contributed by atoms with Crippen LogP contribution < -0.4 is 4.90 Å².